The second-order valence-corrected chi connectivity index (χ2v) is 4.63. The van der Waals surface area contributed by atoms with Crippen molar-refractivity contribution in [1.82, 2.24) is 0 Å². The highest BCUT2D eigenvalue weighted by atomic mass is 16.7. The summed E-state index contributed by atoms with van der Waals surface area (Å²) in [6, 6.07) is 12.8. The van der Waals surface area contributed by atoms with Crippen molar-refractivity contribution in [2.45, 2.75) is 0 Å². The van der Waals surface area contributed by atoms with Crippen molar-refractivity contribution in [3.63, 3.8) is 0 Å². The van der Waals surface area contributed by atoms with E-state index >= 15 is 0 Å². The smallest absolute Gasteiger partial charge is 0.248 e. The number of ether oxygens (including phenoxy) is 3. The lowest BCUT2D eigenvalue weighted by Crippen LogP contribution is -2.07. The highest BCUT2D eigenvalue weighted by Crippen LogP contribution is 2.34. The molecule has 3 rings (SSSR count). The number of hydrogen-bond acceptors (Lipinski definition) is 4. The Kier molecular flexibility index (Phi) is 3.96. The van der Waals surface area contributed by atoms with Gasteiger partial charge in [-0.3, -0.25) is 4.79 Å². The van der Waals surface area contributed by atoms with Crippen LogP contribution in [0, 0.1) is 0 Å². The Bertz CT molecular complexity index is 724. The highest BCUT2D eigenvalue weighted by molar-refractivity contribution is 6.02. The molecule has 1 aliphatic rings. The van der Waals surface area contributed by atoms with E-state index in [4.69, 9.17) is 14.2 Å². The molecule has 5 heteroatoms. The third-order valence-corrected chi connectivity index (χ3v) is 3.19. The topological polar surface area (TPSA) is 56.8 Å². The molecule has 0 saturated carbocycles. The van der Waals surface area contributed by atoms with Crippen molar-refractivity contribution in [3.05, 3.63) is 54.1 Å². The Morgan fingerprint density at radius 1 is 1.18 bits per heavy atom. The van der Waals surface area contributed by atoms with Gasteiger partial charge in [-0.1, -0.05) is 18.2 Å². The second-order valence-electron chi connectivity index (χ2n) is 4.63. The first-order valence-electron chi connectivity index (χ1n) is 6.78. The molecule has 0 radical (unpaired) electrons. The van der Waals surface area contributed by atoms with Gasteiger partial charge in [-0.05, 0) is 24.3 Å². The van der Waals surface area contributed by atoms with Crippen molar-refractivity contribution in [2.75, 3.05) is 19.2 Å². The molecule has 1 amide bonds. The van der Waals surface area contributed by atoms with Gasteiger partial charge in [0, 0.05) is 23.4 Å². The summed E-state index contributed by atoms with van der Waals surface area (Å²) in [4.78, 5) is 12.0. The van der Waals surface area contributed by atoms with Crippen LogP contribution in [0.1, 0.15) is 5.56 Å². The molecule has 1 aliphatic heterocycles. The predicted molar refractivity (Wildman–Crippen MR) is 83.2 cm³/mol. The van der Waals surface area contributed by atoms with Gasteiger partial charge in [0.25, 0.3) is 0 Å². The SMILES string of the molecule is COc1ccccc1C=CC(=O)Nc1ccc2c(c1)OCO2. The molecule has 22 heavy (non-hydrogen) atoms. The molecule has 0 aliphatic carbocycles. The second kappa shape index (κ2) is 6.22. The first-order valence-corrected chi connectivity index (χ1v) is 6.78. The average molecular weight is 297 g/mol. The molecule has 0 atom stereocenters. The molecule has 1 heterocycles. The van der Waals surface area contributed by atoms with Gasteiger partial charge in [0.1, 0.15) is 5.75 Å². The quantitative estimate of drug-likeness (QED) is 0.881. The van der Waals surface area contributed by atoms with Gasteiger partial charge in [-0.25, -0.2) is 0 Å². The van der Waals surface area contributed by atoms with Crippen LogP contribution in [0.2, 0.25) is 0 Å². The maximum absolute atomic E-state index is 12.0. The molecule has 112 valence electrons. The van der Waals surface area contributed by atoms with Crippen LogP contribution in [0.25, 0.3) is 6.08 Å². The van der Waals surface area contributed by atoms with Crippen molar-refractivity contribution in [3.8, 4) is 17.2 Å². The van der Waals surface area contributed by atoms with Crippen molar-refractivity contribution in [1.29, 1.82) is 0 Å². The Morgan fingerprint density at radius 2 is 2.00 bits per heavy atom. The molecular weight excluding hydrogens is 282 g/mol. The molecule has 2 aromatic carbocycles. The summed E-state index contributed by atoms with van der Waals surface area (Å²) in [5.74, 6) is 1.80. The standard InChI is InChI=1S/C17H15NO4/c1-20-14-5-3-2-4-12(14)6-9-17(19)18-13-7-8-15-16(10-13)22-11-21-15/h2-10H,11H2,1H3,(H,18,19). The maximum Gasteiger partial charge on any atom is 0.248 e. The number of carbonyl (C=O) groups excluding carboxylic acids is 1. The summed E-state index contributed by atoms with van der Waals surface area (Å²) in [5, 5.41) is 2.78. The van der Waals surface area contributed by atoms with Crippen LogP contribution in [-0.2, 0) is 4.79 Å². The lowest BCUT2D eigenvalue weighted by atomic mass is 10.2. The average Bonchev–Trinajstić information content (AvgIpc) is 3.01. The summed E-state index contributed by atoms with van der Waals surface area (Å²) in [7, 11) is 1.60. The Hall–Kier alpha value is -2.95. The lowest BCUT2D eigenvalue weighted by Gasteiger charge is -2.05. The van der Waals surface area contributed by atoms with Crippen molar-refractivity contribution >= 4 is 17.7 Å². The predicted octanol–water partition coefficient (Wildman–Crippen LogP) is 3.08. The van der Waals surface area contributed by atoms with E-state index in [1.54, 1.807) is 31.4 Å². The fourth-order valence-corrected chi connectivity index (χ4v) is 2.13. The van der Waals surface area contributed by atoms with E-state index < -0.39 is 0 Å². The molecule has 5 nitrogen and oxygen atoms in total. The van der Waals surface area contributed by atoms with E-state index in [9.17, 15) is 4.79 Å². The number of para-hydroxylation sites is 1. The monoisotopic (exact) mass is 297 g/mol. The molecule has 0 fully saturated rings. The van der Waals surface area contributed by atoms with E-state index in [0.29, 0.717) is 17.2 Å². The largest absolute Gasteiger partial charge is 0.496 e. The van der Waals surface area contributed by atoms with Crippen LogP contribution in [-0.4, -0.2) is 19.8 Å². The maximum atomic E-state index is 12.0. The van der Waals surface area contributed by atoms with Crippen molar-refractivity contribution < 1.29 is 19.0 Å². The molecule has 0 aromatic heterocycles. The van der Waals surface area contributed by atoms with Crippen LogP contribution in [0.15, 0.2) is 48.5 Å². The zero-order valence-electron chi connectivity index (χ0n) is 12.0. The fourth-order valence-electron chi connectivity index (χ4n) is 2.13. The van der Waals surface area contributed by atoms with Gasteiger partial charge < -0.3 is 19.5 Å². The normalized spacial score (nSPS) is 12.4. The van der Waals surface area contributed by atoms with Gasteiger partial charge in [-0.15, -0.1) is 0 Å². The number of hydrogen-bond donors (Lipinski definition) is 1. The van der Waals surface area contributed by atoms with Gasteiger partial charge >= 0.3 is 0 Å². The van der Waals surface area contributed by atoms with Crippen molar-refractivity contribution in [2.24, 2.45) is 0 Å². The number of carbonyl (C=O) groups is 1. The zero-order valence-corrected chi connectivity index (χ0v) is 12.0. The first-order chi connectivity index (χ1) is 10.8. The molecule has 2 aromatic rings. The molecule has 1 N–H and O–H groups in total. The summed E-state index contributed by atoms with van der Waals surface area (Å²) >= 11 is 0. The van der Waals surface area contributed by atoms with E-state index in [1.807, 2.05) is 24.3 Å². The van der Waals surface area contributed by atoms with Gasteiger partial charge in [0.15, 0.2) is 11.5 Å². The van der Waals surface area contributed by atoms with Crippen LogP contribution in [0.3, 0.4) is 0 Å². The molecule has 0 unspecified atom stereocenters. The minimum atomic E-state index is -0.232. The third-order valence-electron chi connectivity index (χ3n) is 3.19. The Morgan fingerprint density at radius 3 is 2.86 bits per heavy atom. The fraction of sp³-hybridized carbons (Fsp3) is 0.118. The lowest BCUT2D eigenvalue weighted by molar-refractivity contribution is -0.111. The Balaban J connectivity index is 1.68. The third kappa shape index (κ3) is 3.03. The van der Waals surface area contributed by atoms with Gasteiger partial charge in [-0.2, -0.15) is 0 Å². The molecular formula is C17H15NO4. The van der Waals surface area contributed by atoms with Crippen LogP contribution < -0.4 is 19.5 Å². The minimum absolute atomic E-state index is 0.209. The number of benzene rings is 2. The number of nitrogens with one attached hydrogen (secondary N) is 1. The number of rotatable bonds is 4. The first kappa shape index (κ1) is 14.0. The summed E-state index contributed by atoms with van der Waals surface area (Å²) in [6.07, 6.45) is 3.17. The number of fused-ring (bicyclic) bond motifs is 1. The highest BCUT2D eigenvalue weighted by Gasteiger charge is 2.13. The zero-order chi connectivity index (χ0) is 15.4. The Labute approximate surface area is 128 Å². The summed E-state index contributed by atoms with van der Waals surface area (Å²) < 4.78 is 15.7. The van der Waals surface area contributed by atoms with E-state index in [1.165, 1.54) is 6.08 Å². The van der Waals surface area contributed by atoms with Crippen LogP contribution in [0.5, 0.6) is 17.2 Å². The summed E-state index contributed by atoms with van der Waals surface area (Å²) in [5.41, 5.74) is 1.49. The number of methoxy groups -OCH3 is 1. The van der Waals surface area contributed by atoms with Crippen LogP contribution >= 0.6 is 0 Å². The van der Waals surface area contributed by atoms with Crippen LogP contribution in [0.4, 0.5) is 5.69 Å². The van der Waals surface area contributed by atoms with E-state index in [-0.39, 0.29) is 12.7 Å². The number of amides is 1. The minimum Gasteiger partial charge on any atom is -0.496 e. The van der Waals surface area contributed by atoms with Gasteiger partial charge in [0.05, 0.1) is 7.11 Å². The van der Waals surface area contributed by atoms with E-state index in [0.717, 1.165) is 11.3 Å². The molecule has 0 bridgehead atoms. The molecule has 0 saturated heterocycles. The van der Waals surface area contributed by atoms with E-state index in [2.05, 4.69) is 5.32 Å². The number of anilines is 1. The molecule has 0 spiro atoms. The summed E-state index contributed by atoms with van der Waals surface area (Å²) in [6.45, 7) is 0.209. The van der Waals surface area contributed by atoms with Gasteiger partial charge in [0.2, 0.25) is 12.7 Å².